The molecule has 3 fully saturated rings. The Hall–Kier alpha value is -1.69. The lowest BCUT2D eigenvalue weighted by Gasteiger charge is -2.37. The van der Waals surface area contributed by atoms with E-state index in [1.54, 1.807) is 0 Å². The van der Waals surface area contributed by atoms with Gasteiger partial charge in [-0.3, -0.25) is 0 Å². The second-order valence-corrected chi connectivity index (χ2v) is 8.77. The zero-order valence-corrected chi connectivity index (χ0v) is 16.3. The molecule has 2 aliphatic carbocycles. The van der Waals surface area contributed by atoms with Crippen LogP contribution in [0.15, 0.2) is 18.7 Å². The lowest BCUT2D eigenvalue weighted by molar-refractivity contribution is 0.136. The molecule has 6 nitrogen and oxygen atoms in total. The van der Waals surface area contributed by atoms with Gasteiger partial charge in [-0.05, 0) is 51.6 Å². The van der Waals surface area contributed by atoms with Crippen LogP contribution in [0.5, 0.6) is 0 Å². The Morgan fingerprint density at radius 1 is 0.852 bits per heavy atom. The maximum atomic E-state index is 4.69. The standard InChI is InChI=1S/C21H32N6/c1-2-4-6-18(5-3-1)26-12-9-17(10-13-26)21-24-23-20(27(21)19-7-8-19)15-25-14-11-22-16-25/h11,14,16-19H,1-10,12-13,15H2. The third-order valence-electron chi connectivity index (χ3n) is 6.82. The highest BCUT2D eigenvalue weighted by atomic mass is 15.3. The molecule has 2 aromatic rings. The van der Waals surface area contributed by atoms with Gasteiger partial charge in [0.05, 0.1) is 12.9 Å². The first kappa shape index (κ1) is 17.4. The van der Waals surface area contributed by atoms with Crippen LogP contribution in [0.3, 0.4) is 0 Å². The Kier molecular flexibility index (Phi) is 4.99. The highest BCUT2D eigenvalue weighted by molar-refractivity contribution is 5.09. The van der Waals surface area contributed by atoms with Crippen molar-refractivity contribution < 1.29 is 0 Å². The van der Waals surface area contributed by atoms with Crippen molar-refractivity contribution in [3.05, 3.63) is 30.4 Å². The van der Waals surface area contributed by atoms with Crippen LogP contribution < -0.4 is 0 Å². The van der Waals surface area contributed by atoms with Crippen molar-refractivity contribution in [1.29, 1.82) is 0 Å². The van der Waals surface area contributed by atoms with E-state index in [2.05, 4.69) is 24.1 Å². The first-order valence-electron chi connectivity index (χ1n) is 11.0. The first-order chi connectivity index (χ1) is 13.4. The Morgan fingerprint density at radius 2 is 1.63 bits per heavy atom. The van der Waals surface area contributed by atoms with Crippen LogP contribution in [0.2, 0.25) is 0 Å². The van der Waals surface area contributed by atoms with Gasteiger partial charge in [-0.1, -0.05) is 25.7 Å². The SMILES string of the molecule is c1cn(Cc2nnc(C3CCN(C4CCCCCC4)CC3)n2C2CC2)cn1. The fourth-order valence-electron chi connectivity index (χ4n) is 5.14. The van der Waals surface area contributed by atoms with Gasteiger partial charge in [-0.25, -0.2) is 4.98 Å². The number of piperidine rings is 1. The fraction of sp³-hybridized carbons (Fsp3) is 0.762. The second-order valence-electron chi connectivity index (χ2n) is 8.77. The lowest BCUT2D eigenvalue weighted by atomic mass is 9.93. The summed E-state index contributed by atoms with van der Waals surface area (Å²) >= 11 is 0. The third-order valence-corrected chi connectivity index (χ3v) is 6.82. The summed E-state index contributed by atoms with van der Waals surface area (Å²) in [5, 5.41) is 9.29. The van der Waals surface area contributed by atoms with Crippen LogP contribution in [0, 0.1) is 0 Å². The molecule has 6 heteroatoms. The largest absolute Gasteiger partial charge is 0.330 e. The van der Waals surface area contributed by atoms with Gasteiger partial charge in [-0.2, -0.15) is 0 Å². The Labute approximate surface area is 162 Å². The highest BCUT2D eigenvalue weighted by Crippen LogP contribution is 2.40. The highest BCUT2D eigenvalue weighted by Gasteiger charge is 2.34. The summed E-state index contributed by atoms with van der Waals surface area (Å²) in [6.07, 6.45) is 19.3. The number of hydrogen-bond acceptors (Lipinski definition) is 4. The molecule has 0 bridgehead atoms. The minimum atomic E-state index is 0.580. The molecular formula is C21H32N6. The number of aromatic nitrogens is 5. The average molecular weight is 369 g/mol. The summed E-state index contributed by atoms with van der Waals surface area (Å²) < 4.78 is 4.58. The van der Waals surface area contributed by atoms with Crippen LogP contribution in [-0.2, 0) is 6.54 Å². The normalized spacial score (nSPS) is 23.6. The molecule has 27 heavy (non-hydrogen) atoms. The van der Waals surface area contributed by atoms with Crippen LogP contribution in [-0.4, -0.2) is 48.3 Å². The Balaban J connectivity index is 1.27. The molecule has 0 amide bonds. The van der Waals surface area contributed by atoms with Crippen LogP contribution >= 0.6 is 0 Å². The Morgan fingerprint density at radius 3 is 2.30 bits per heavy atom. The molecular weight excluding hydrogens is 336 g/mol. The molecule has 1 aliphatic heterocycles. The van der Waals surface area contributed by atoms with E-state index in [1.165, 1.54) is 83.1 Å². The van der Waals surface area contributed by atoms with Gasteiger partial charge in [0.2, 0.25) is 0 Å². The van der Waals surface area contributed by atoms with Gasteiger partial charge in [0.15, 0.2) is 5.82 Å². The molecule has 0 spiro atoms. The van der Waals surface area contributed by atoms with Crippen LogP contribution in [0.4, 0.5) is 0 Å². The van der Waals surface area contributed by atoms with Gasteiger partial charge in [0, 0.05) is 30.4 Å². The maximum Gasteiger partial charge on any atom is 0.153 e. The van der Waals surface area contributed by atoms with E-state index in [1.807, 2.05) is 18.7 Å². The first-order valence-corrected chi connectivity index (χ1v) is 11.0. The summed E-state index contributed by atoms with van der Waals surface area (Å²) in [7, 11) is 0. The molecule has 0 N–H and O–H groups in total. The van der Waals surface area contributed by atoms with E-state index in [0.29, 0.717) is 12.0 Å². The quantitative estimate of drug-likeness (QED) is 0.754. The van der Waals surface area contributed by atoms with Gasteiger partial charge in [0.1, 0.15) is 5.82 Å². The van der Waals surface area contributed by atoms with E-state index in [-0.39, 0.29) is 0 Å². The third kappa shape index (κ3) is 3.82. The van der Waals surface area contributed by atoms with Gasteiger partial charge >= 0.3 is 0 Å². The van der Waals surface area contributed by atoms with E-state index >= 15 is 0 Å². The number of rotatable bonds is 5. The molecule has 2 saturated carbocycles. The van der Waals surface area contributed by atoms with Crippen LogP contribution in [0.1, 0.15) is 87.8 Å². The van der Waals surface area contributed by atoms with Crippen molar-refractivity contribution in [1.82, 2.24) is 29.2 Å². The second kappa shape index (κ2) is 7.74. The predicted molar refractivity (Wildman–Crippen MR) is 105 cm³/mol. The zero-order valence-electron chi connectivity index (χ0n) is 16.3. The molecule has 0 unspecified atom stereocenters. The monoisotopic (exact) mass is 368 g/mol. The smallest absolute Gasteiger partial charge is 0.153 e. The van der Waals surface area contributed by atoms with E-state index < -0.39 is 0 Å². The molecule has 2 aromatic heterocycles. The van der Waals surface area contributed by atoms with Crippen LogP contribution in [0.25, 0.3) is 0 Å². The van der Waals surface area contributed by atoms with Gasteiger partial charge in [0.25, 0.3) is 0 Å². The summed E-state index contributed by atoms with van der Waals surface area (Å²) in [6.45, 7) is 3.26. The molecule has 0 atom stereocenters. The van der Waals surface area contributed by atoms with Crippen molar-refractivity contribution >= 4 is 0 Å². The molecule has 3 heterocycles. The fourth-order valence-corrected chi connectivity index (χ4v) is 5.14. The van der Waals surface area contributed by atoms with E-state index in [0.717, 1.165) is 18.4 Å². The number of hydrogen-bond donors (Lipinski definition) is 0. The maximum absolute atomic E-state index is 4.69. The Bertz CT molecular complexity index is 716. The number of nitrogens with zero attached hydrogens (tertiary/aromatic N) is 6. The molecule has 1 saturated heterocycles. The minimum absolute atomic E-state index is 0.580. The molecule has 0 radical (unpaired) electrons. The molecule has 3 aliphatic rings. The molecule has 5 rings (SSSR count). The van der Waals surface area contributed by atoms with Crippen molar-refractivity contribution in [3.8, 4) is 0 Å². The van der Waals surface area contributed by atoms with Gasteiger partial charge < -0.3 is 14.0 Å². The van der Waals surface area contributed by atoms with Gasteiger partial charge in [-0.15, -0.1) is 10.2 Å². The van der Waals surface area contributed by atoms with E-state index in [9.17, 15) is 0 Å². The molecule has 146 valence electrons. The average Bonchev–Trinajstić information content (AvgIpc) is 3.36. The lowest BCUT2D eigenvalue weighted by Crippen LogP contribution is -2.41. The molecule has 0 aromatic carbocycles. The van der Waals surface area contributed by atoms with E-state index in [4.69, 9.17) is 5.10 Å². The summed E-state index contributed by atoms with van der Waals surface area (Å²) in [5.41, 5.74) is 0. The summed E-state index contributed by atoms with van der Waals surface area (Å²) in [4.78, 5) is 6.95. The predicted octanol–water partition coefficient (Wildman–Crippen LogP) is 3.76. The van der Waals surface area contributed by atoms with Crippen molar-refractivity contribution in [2.24, 2.45) is 0 Å². The number of likely N-dealkylation sites (tertiary alicyclic amines) is 1. The minimum Gasteiger partial charge on any atom is -0.330 e. The van der Waals surface area contributed by atoms with Crippen molar-refractivity contribution in [2.45, 2.75) is 88.8 Å². The zero-order chi connectivity index (χ0) is 18.1. The topological polar surface area (TPSA) is 51.8 Å². The summed E-state index contributed by atoms with van der Waals surface area (Å²) in [6, 6.07) is 1.47. The number of imidazole rings is 1. The van der Waals surface area contributed by atoms with Crippen molar-refractivity contribution in [2.75, 3.05) is 13.1 Å². The summed E-state index contributed by atoms with van der Waals surface area (Å²) in [5.74, 6) is 2.95. The van der Waals surface area contributed by atoms with Crippen molar-refractivity contribution in [3.63, 3.8) is 0 Å².